The fourth-order valence-electron chi connectivity index (χ4n) is 3.29. The zero-order chi connectivity index (χ0) is 17.2. The van der Waals surface area contributed by atoms with Crippen molar-refractivity contribution in [3.8, 4) is 0 Å². The summed E-state index contributed by atoms with van der Waals surface area (Å²) in [6, 6.07) is 10.2. The maximum atomic E-state index is 6.06. The summed E-state index contributed by atoms with van der Waals surface area (Å²) in [6.45, 7) is 6.29. The van der Waals surface area contributed by atoms with Gasteiger partial charge in [0.2, 0.25) is 0 Å². The highest BCUT2D eigenvalue weighted by Crippen LogP contribution is 2.31. The maximum absolute atomic E-state index is 6.06. The van der Waals surface area contributed by atoms with Gasteiger partial charge >= 0.3 is 0 Å². The average molecular weight is 354 g/mol. The van der Waals surface area contributed by atoms with E-state index in [0.717, 1.165) is 47.6 Å². The standard InChI is InChI=1S/C19H22N4OS/c1-13-15-5-3-4-6-16(15)24-19(13)14(2)22-17-11-18(21-12-20-17)23-7-9-25-10-8-23/h3-6,11-12,14H,7-10H2,1-2H3,(H,20,21,22)/t14-/m1/s1. The van der Waals surface area contributed by atoms with Crippen molar-refractivity contribution in [1.29, 1.82) is 0 Å². The molecule has 130 valence electrons. The molecule has 0 unspecified atom stereocenters. The van der Waals surface area contributed by atoms with E-state index in [1.165, 1.54) is 10.9 Å². The van der Waals surface area contributed by atoms with Crippen LogP contribution in [-0.2, 0) is 0 Å². The number of fused-ring (bicyclic) bond motifs is 1. The SMILES string of the molecule is Cc1c([C@@H](C)Nc2cc(N3CCSCC3)ncn2)oc2ccccc12. The Balaban J connectivity index is 1.55. The van der Waals surface area contributed by atoms with Gasteiger partial charge in [-0.15, -0.1) is 0 Å². The van der Waals surface area contributed by atoms with Crippen LogP contribution in [-0.4, -0.2) is 34.6 Å². The molecule has 1 aliphatic rings. The summed E-state index contributed by atoms with van der Waals surface area (Å²) >= 11 is 2.00. The monoisotopic (exact) mass is 354 g/mol. The van der Waals surface area contributed by atoms with Crippen LogP contribution >= 0.6 is 11.8 Å². The van der Waals surface area contributed by atoms with Crippen LogP contribution in [0.3, 0.4) is 0 Å². The van der Waals surface area contributed by atoms with E-state index in [9.17, 15) is 0 Å². The molecule has 0 saturated carbocycles. The van der Waals surface area contributed by atoms with Crippen LogP contribution in [0.4, 0.5) is 11.6 Å². The van der Waals surface area contributed by atoms with Crippen LogP contribution in [0.25, 0.3) is 11.0 Å². The number of nitrogens with zero attached hydrogens (tertiary/aromatic N) is 3. The lowest BCUT2D eigenvalue weighted by Crippen LogP contribution is -2.33. The average Bonchev–Trinajstić information content (AvgIpc) is 3.00. The van der Waals surface area contributed by atoms with Gasteiger partial charge in [-0.3, -0.25) is 0 Å². The van der Waals surface area contributed by atoms with Crippen molar-refractivity contribution in [3.05, 3.63) is 48.0 Å². The molecule has 0 spiro atoms. The molecule has 4 rings (SSSR count). The fourth-order valence-corrected chi connectivity index (χ4v) is 4.19. The number of furan rings is 1. The Bertz CT molecular complexity index is 873. The Hall–Kier alpha value is -2.21. The molecule has 2 aromatic heterocycles. The zero-order valence-electron chi connectivity index (χ0n) is 14.5. The molecule has 1 atom stereocenters. The molecule has 3 aromatic rings. The number of hydrogen-bond acceptors (Lipinski definition) is 6. The van der Waals surface area contributed by atoms with Gasteiger partial charge in [-0.25, -0.2) is 9.97 Å². The van der Waals surface area contributed by atoms with E-state index in [1.54, 1.807) is 6.33 Å². The van der Waals surface area contributed by atoms with E-state index in [1.807, 2.05) is 36.0 Å². The lowest BCUT2D eigenvalue weighted by atomic mass is 10.1. The largest absolute Gasteiger partial charge is 0.459 e. The molecule has 5 nitrogen and oxygen atoms in total. The van der Waals surface area contributed by atoms with Crippen molar-refractivity contribution >= 4 is 34.4 Å². The number of aromatic nitrogens is 2. The van der Waals surface area contributed by atoms with Crippen molar-refractivity contribution < 1.29 is 4.42 Å². The highest BCUT2D eigenvalue weighted by Gasteiger charge is 2.18. The molecule has 0 radical (unpaired) electrons. The van der Waals surface area contributed by atoms with Gasteiger partial charge in [0.25, 0.3) is 0 Å². The second-order valence-corrected chi connectivity index (χ2v) is 7.54. The van der Waals surface area contributed by atoms with Crippen molar-refractivity contribution in [1.82, 2.24) is 9.97 Å². The normalized spacial score (nSPS) is 16.2. The molecule has 1 aromatic carbocycles. The number of rotatable bonds is 4. The number of hydrogen-bond donors (Lipinski definition) is 1. The maximum Gasteiger partial charge on any atom is 0.134 e. The minimum Gasteiger partial charge on any atom is -0.459 e. The molecule has 0 bridgehead atoms. The molecule has 0 aliphatic carbocycles. The van der Waals surface area contributed by atoms with E-state index >= 15 is 0 Å². The first-order chi connectivity index (χ1) is 12.2. The number of aryl methyl sites for hydroxylation is 1. The first-order valence-corrected chi connectivity index (χ1v) is 9.77. The highest BCUT2D eigenvalue weighted by atomic mass is 32.2. The topological polar surface area (TPSA) is 54.2 Å². The summed E-state index contributed by atoms with van der Waals surface area (Å²) in [7, 11) is 0. The minimum atomic E-state index is 0.0343. The Labute approximate surface area is 151 Å². The Kier molecular flexibility index (Phi) is 4.53. The lowest BCUT2D eigenvalue weighted by Gasteiger charge is -2.27. The van der Waals surface area contributed by atoms with Gasteiger partial charge in [0.1, 0.15) is 29.3 Å². The highest BCUT2D eigenvalue weighted by molar-refractivity contribution is 7.99. The van der Waals surface area contributed by atoms with Gasteiger partial charge in [0, 0.05) is 41.6 Å². The lowest BCUT2D eigenvalue weighted by molar-refractivity contribution is 0.521. The third kappa shape index (κ3) is 3.31. The fraction of sp³-hybridized carbons (Fsp3) is 0.368. The summed E-state index contributed by atoms with van der Waals surface area (Å²) in [5.74, 6) is 5.08. The minimum absolute atomic E-state index is 0.0343. The third-order valence-corrected chi connectivity index (χ3v) is 5.57. The molecule has 6 heteroatoms. The summed E-state index contributed by atoms with van der Waals surface area (Å²) in [5.41, 5.74) is 2.11. The molecule has 1 aliphatic heterocycles. The Morgan fingerprint density at radius 1 is 1.20 bits per heavy atom. The number of thioether (sulfide) groups is 1. The molecule has 25 heavy (non-hydrogen) atoms. The molecular formula is C19H22N4OS. The van der Waals surface area contributed by atoms with Gasteiger partial charge in [0.15, 0.2) is 0 Å². The van der Waals surface area contributed by atoms with Gasteiger partial charge in [-0.05, 0) is 19.9 Å². The van der Waals surface area contributed by atoms with E-state index in [0.29, 0.717) is 0 Å². The predicted octanol–water partition coefficient (Wildman–Crippen LogP) is 4.26. The molecule has 1 N–H and O–H groups in total. The van der Waals surface area contributed by atoms with Crippen LogP contribution in [0.15, 0.2) is 41.1 Å². The van der Waals surface area contributed by atoms with Crippen molar-refractivity contribution in [2.24, 2.45) is 0 Å². The number of anilines is 2. The molecular weight excluding hydrogens is 332 g/mol. The first-order valence-electron chi connectivity index (χ1n) is 8.61. The van der Waals surface area contributed by atoms with Gasteiger partial charge in [-0.1, -0.05) is 18.2 Å². The van der Waals surface area contributed by atoms with Crippen LogP contribution in [0.1, 0.15) is 24.3 Å². The van der Waals surface area contributed by atoms with Crippen LogP contribution in [0, 0.1) is 6.92 Å². The number of benzene rings is 1. The van der Waals surface area contributed by atoms with E-state index in [4.69, 9.17) is 4.42 Å². The first kappa shape index (κ1) is 16.3. The molecule has 3 heterocycles. The van der Waals surface area contributed by atoms with Crippen LogP contribution in [0.2, 0.25) is 0 Å². The van der Waals surface area contributed by atoms with Gasteiger partial charge in [-0.2, -0.15) is 11.8 Å². The third-order valence-electron chi connectivity index (χ3n) is 4.63. The summed E-state index contributed by atoms with van der Waals surface area (Å²) in [4.78, 5) is 11.1. The molecule has 0 amide bonds. The summed E-state index contributed by atoms with van der Waals surface area (Å²) in [5, 5.41) is 4.63. The van der Waals surface area contributed by atoms with E-state index in [2.05, 4.69) is 40.1 Å². The van der Waals surface area contributed by atoms with E-state index in [-0.39, 0.29) is 6.04 Å². The van der Waals surface area contributed by atoms with Gasteiger partial charge in [0.05, 0.1) is 6.04 Å². The summed E-state index contributed by atoms with van der Waals surface area (Å²) < 4.78 is 6.06. The van der Waals surface area contributed by atoms with Crippen molar-refractivity contribution in [2.45, 2.75) is 19.9 Å². The molecule has 1 saturated heterocycles. The zero-order valence-corrected chi connectivity index (χ0v) is 15.3. The Morgan fingerprint density at radius 3 is 2.80 bits per heavy atom. The molecule has 1 fully saturated rings. The number of para-hydroxylation sites is 1. The second-order valence-electron chi connectivity index (χ2n) is 6.31. The number of nitrogens with one attached hydrogen (secondary N) is 1. The second kappa shape index (κ2) is 6.96. The quantitative estimate of drug-likeness (QED) is 0.756. The predicted molar refractivity (Wildman–Crippen MR) is 105 cm³/mol. The van der Waals surface area contributed by atoms with Crippen LogP contribution < -0.4 is 10.2 Å². The van der Waals surface area contributed by atoms with E-state index < -0.39 is 0 Å². The van der Waals surface area contributed by atoms with Crippen molar-refractivity contribution in [3.63, 3.8) is 0 Å². The Morgan fingerprint density at radius 2 is 2.00 bits per heavy atom. The van der Waals surface area contributed by atoms with Gasteiger partial charge < -0.3 is 14.6 Å². The smallest absolute Gasteiger partial charge is 0.134 e. The van der Waals surface area contributed by atoms with Crippen molar-refractivity contribution in [2.75, 3.05) is 34.8 Å². The summed E-state index contributed by atoms with van der Waals surface area (Å²) in [6.07, 6.45) is 1.64. The van der Waals surface area contributed by atoms with Crippen LogP contribution in [0.5, 0.6) is 0 Å².